The van der Waals surface area contributed by atoms with E-state index in [2.05, 4.69) is 21.6 Å². The number of benzene rings is 2. The molecule has 4 rings (SSSR count). The summed E-state index contributed by atoms with van der Waals surface area (Å²) in [5, 5.41) is 25.1. The van der Waals surface area contributed by atoms with Crippen molar-refractivity contribution in [1.29, 1.82) is 0 Å². The maximum Gasteiger partial charge on any atom is 0.352 e. The number of aryl methyl sites for hydroxylation is 2. The zero-order valence-electron chi connectivity index (χ0n) is 15.2. The van der Waals surface area contributed by atoms with Crippen LogP contribution in [0, 0.1) is 10.1 Å². The lowest BCUT2D eigenvalue weighted by Crippen LogP contribution is -2.18. The number of nitro groups is 1. The van der Waals surface area contributed by atoms with Gasteiger partial charge in [0.25, 0.3) is 5.69 Å². The van der Waals surface area contributed by atoms with Crippen LogP contribution in [0.5, 0.6) is 0 Å². The lowest BCUT2D eigenvalue weighted by molar-refractivity contribution is -0.385. The fourth-order valence-corrected chi connectivity index (χ4v) is 4.21. The van der Waals surface area contributed by atoms with Gasteiger partial charge in [-0.2, -0.15) is 5.10 Å². The van der Waals surface area contributed by atoms with Crippen molar-refractivity contribution >= 4 is 33.8 Å². The summed E-state index contributed by atoms with van der Waals surface area (Å²) in [4.78, 5) is 27.9. The van der Waals surface area contributed by atoms with E-state index < -0.39 is 10.9 Å². The number of carboxylic acid groups (broad SMARTS) is 1. The molecule has 0 fully saturated rings. The Morgan fingerprint density at radius 3 is 2.76 bits per heavy atom. The van der Waals surface area contributed by atoms with Crippen molar-refractivity contribution in [3.63, 3.8) is 0 Å². The summed E-state index contributed by atoms with van der Waals surface area (Å²) in [6, 6.07) is 14.1. The van der Waals surface area contributed by atoms with Crippen LogP contribution < -0.4 is 5.43 Å². The zero-order chi connectivity index (χ0) is 20.4. The fraction of sp³-hybridized carbons (Fsp3) is 0.150. The van der Waals surface area contributed by atoms with Crippen LogP contribution in [0.2, 0.25) is 0 Å². The highest BCUT2D eigenvalue weighted by atomic mass is 32.1. The zero-order valence-corrected chi connectivity index (χ0v) is 16.0. The maximum atomic E-state index is 11.6. The average molecular weight is 408 g/mol. The van der Waals surface area contributed by atoms with Gasteiger partial charge < -0.3 is 5.11 Å². The van der Waals surface area contributed by atoms with Crippen molar-refractivity contribution < 1.29 is 14.8 Å². The first kappa shape index (κ1) is 18.8. The van der Waals surface area contributed by atoms with E-state index in [1.165, 1.54) is 35.1 Å². The third-order valence-corrected chi connectivity index (χ3v) is 5.69. The van der Waals surface area contributed by atoms with Crippen molar-refractivity contribution in [3.05, 3.63) is 74.6 Å². The third-order valence-electron chi connectivity index (χ3n) is 4.67. The SMILES string of the molecule is O=C(O)/C(Cc1ccccc1[N+](=O)[O-])=N/Nc1nc2c(s1)CCc1ccccc1-2. The third kappa shape index (κ3) is 3.85. The van der Waals surface area contributed by atoms with E-state index in [4.69, 9.17) is 0 Å². The first-order valence-corrected chi connectivity index (χ1v) is 9.70. The molecule has 2 N–H and O–H groups in total. The number of nitro benzene ring substituents is 1. The smallest absolute Gasteiger partial charge is 0.352 e. The number of anilines is 1. The van der Waals surface area contributed by atoms with Gasteiger partial charge in [0.15, 0.2) is 0 Å². The minimum absolute atomic E-state index is 0.136. The molecule has 29 heavy (non-hydrogen) atoms. The van der Waals surface area contributed by atoms with E-state index in [1.54, 1.807) is 6.07 Å². The minimum atomic E-state index is -1.25. The molecule has 1 aliphatic carbocycles. The van der Waals surface area contributed by atoms with Crippen LogP contribution >= 0.6 is 11.3 Å². The molecule has 0 saturated carbocycles. The Hall–Kier alpha value is -3.59. The lowest BCUT2D eigenvalue weighted by atomic mass is 9.94. The molecule has 8 nitrogen and oxygen atoms in total. The van der Waals surface area contributed by atoms with Crippen LogP contribution in [0.15, 0.2) is 53.6 Å². The Morgan fingerprint density at radius 1 is 1.21 bits per heavy atom. The standard InChI is InChI=1S/C20H16N4O4S/c25-19(26)15(11-13-6-2-4-8-16(13)24(27)28)22-23-20-21-18-14-7-3-1-5-12(14)9-10-17(18)29-20/h1-8H,9-11H2,(H,21,23)(H,25,26)/b22-15+. The monoisotopic (exact) mass is 408 g/mol. The number of nitrogens with one attached hydrogen (secondary N) is 1. The van der Waals surface area contributed by atoms with Gasteiger partial charge in [-0.15, -0.1) is 0 Å². The molecule has 9 heteroatoms. The molecule has 0 bridgehead atoms. The minimum Gasteiger partial charge on any atom is -0.477 e. The number of para-hydroxylation sites is 1. The van der Waals surface area contributed by atoms with Crippen molar-refractivity contribution in [2.75, 3.05) is 5.43 Å². The number of hydrogen-bond donors (Lipinski definition) is 2. The van der Waals surface area contributed by atoms with Gasteiger partial charge in [0.2, 0.25) is 5.13 Å². The van der Waals surface area contributed by atoms with Gasteiger partial charge in [-0.3, -0.25) is 15.5 Å². The summed E-state index contributed by atoms with van der Waals surface area (Å²) < 4.78 is 0. The number of nitrogens with zero attached hydrogens (tertiary/aromatic N) is 3. The van der Waals surface area contributed by atoms with Gasteiger partial charge in [-0.05, 0) is 18.4 Å². The molecule has 0 spiro atoms. The molecular weight excluding hydrogens is 392 g/mol. The Bertz CT molecular complexity index is 1140. The van der Waals surface area contributed by atoms with Crippen LogP contribution in [0.3, 0.4) is 0 Å². The maximum absolute atomic E-state index is 11.6. The van der Waals surface area contributed by atoms with Gasteiger partial charge in [-0.25, -0.2) is 9.78 Å². The van der Waals surface area contributed by atoms with Gasteiger partial charge in [-0.1, -0.05) is 53.8 Å². The highest BCUT2D eigenvalue weighted by Gasteiger charge is 2.21. The summed E-state index contributed by atoms with van der Waals surface area (Å²) in [5.41, 5.74) is 5.86. The normalized spacial score (nSPS) is 12.8. The van der Waals surface area contributed by atoms with Crippen molar-refractivity contribution in [1.82, 2.24) is 4.98 Å². The second-order valence-electron chi connectivity index (χ2n) is 6.49. The number of carboxylic acids is 1. The Labute approximate surface area is 169 Å². The van der Waals surface area contributed by atoms with Crippen LogP contribution in [-0.2, 0) is 24.1 Å². The van der Waals surface area contributed by atoms with Crippen molar-refractivity contribution in [2.24, 2.45) is 5.10 Å². The topological polar surface area (TPSA) is 118 Å². The molecule has 0 atom stereocenters. The summed E-state index contributed by atoms with van der Waals surface area (Å²) in [7, 11) is 0. The van der Waals surface area contributed by atoms with E-state index in [0.717, 1.165) is 29.0 Å². The number of fused-ring (bicyclic) bond motifs is 3. The van der Waals surface area contributed by atoms with Gasteiger partial charge in [0.1, 0.15) is 5.71 Å². The predicted molar refractivity (Wildman–Crippen MR) is 110 cm³/mol. The van der Waals surface area contributed by atoms with Crippen LogP contribution in [0.1, 0.15) is 16.0 Å². The van der Waals surface area contributed by atoms with Gasteiger partial charge in [0, 0.05) is 28.5 Å². The quantitative estimate of drug-likeness (QED) is 0.363. The van der Waals surface area contributed by atoms with Crippen LogP contribution in [0.4, 0.5) is 10.8 Å². The number of aliphatic carboxylic acids is 1. The molecule has 3 aromatic rings. The van der Waals surface area contributed by atoms with Crippen LogP contribution in [-0.4, -0.2) is 26.7 Å². The van der Waals surface area contributed by atoms with E-state index in [-0.39, 0.29) is 23.4 Å². The molecule has 0 aliphatic heterocycles. The Morgan fingerprint density at radius 2 is 1.97 bits per heavy atom. The van der Waals surface area contributed by atoms with Gasteiger partial charge in [0.05, 0.1) is 10.6 Å². The number of aromatic nitrogens is 1. The number of hydrogen-bond acceptors (Lipinski definition) is 7. The van der Waals surface area contributed by atoms with E-state index in [0.29, 0.717) is 5.13 Å². The molecular formula is C20H16N4O4S. The largest absolute Gasteiger partial charge is 0.477 e. The van der Waals surface area contributed by atoms with E-state index in [9.17, 15) is 20.0 Å². The molecule has 1 aromatic heterocycles. The van der Waals surface area contributed by atoms with Crippen molar-refractivity contribution in [2.45, 2.75) is 19.3 Å². The van der Waals surface area contributed by atoms with E-state index in [1.807, 2.05) is 18.2 Å². The molecule has 146 valence electrons. The molecule has 0 amide bonds. The summed E-state index contributed by atoms with van der Waals surface area (Å²) >= 11 is 1.44. The summed E-state index contributed by atoms with van der Waals surface area (Å²) in [6.07, 6.45) is 1.64. The first-order valence-electron chi connectivity index (χ1n) is 8.89. The molecule has 1 aliphatic rings. The number of thiazole rings is 1. The summed E-state index contributed by atoms with van der Waals surface area (Å²) in [6.45, 7) is 0. The molecule has 0 radical (unpaired) electrons. The Balaban J connectivity index is 1.59. The fourth-order valence-electron chi connectivity index (χ4n) is 3.29. The summed E-state index contributed by atoms with van der Waals surface area (Å²) in [5.74, 6) is -1.25. The van der Waals surface area contributed by atoms with Gasteiger partial charge >= 0.3 is 5.97 Å². The van der Waals surface area contributed by atoms with Crippen molar-refractivity contribution in [3.8, 4) is 11.3 Å². The predicted octanol–water partition coefficient (Wildman–Crippen LogP) is 3.91. The highest BCUT2D eigenvalue weighted by molar-refractivity contribution is 7.16. The molecule has 0 saturated heterocycles. The highest BCUT2D eigenvalue weighted by Crippen LogP contribution is 2.37. The average Bonchev–Trinajstić information content (AvgIpc) is 3.14. The van der Waals surface area contributed by atoms with E-state index >= 15 is 0 Å². The number of hydrazone groups is 1. The van der Waals surface area contributed by atoms with Crippen LogP contribution in [0.25, 0.3) is 11.3 Å². The molecule has 2 aromatic carbocycles. The molecule has 1 heterocycles. The molecule has 0 unspecified atom stereocenters. The Kier molecular flexibility index (Phi) is 5.05. The number of carbonyl (C=O) groups is 1. The second kappa shape index (κ2) is 7.80. The lowest BCUT2D eigenvalue weighted by Gasteiger charge is -2.13. The first-order chi connectivity index (χ1) is 14.0. The number of rotatable bonds is 6. The second-order valence-corrected chi connectivity index (χ2v) is 7.57.